The van der Waals surface area contributed by atoms with Gasteiger partial charge in [0.15, 0.2) is 0 Å². The molecule has 3 atom stereocenters. The first kappa shape index (κ1) is 21.2. The van der Waals surface area contributed by atoms with E-state index in [4.69, 9.17) is 4.74 Å². The van der Waals surface area contributed by atoms with E-state index in [1.165, 1.54) is 12.7 Å². The molecule has 29 heavy (non-hydrogen) atoms. The zero-order valence-electron chi connectivity index (χ0n) is 16.5. The van der Waals surface area contributed by atoms with Gasteiger partial charge in [-0.2, -0.15) is 11.8 Å². The van der Waals surface area contributed by atoms with E-state index in [0.717, 1.165) is 16.9 Å². The summed E-state index contributed by atoms with van der Waals surface area (Å²) in [5, 5.41) is 11.1. The van der Waals surface area contributed by atoms with Gasteiger partial charge in [-0.3, -0.25) is 4.79 Å². The van der Waals surface area contributed by atoms with Crippen molar-refractivity contribution >= 4 is 17.7 Å². The highest BCUT2D eigenvalue weighted by Gasteiger charge is 2.33. The number of carbonyl (C=O) groups excluding carboxylic acids is 1. The van der Waals surface area contributed by atoms with E-state index in [1.54, 1.807) is 11.8 Å². The molecular formula is C25H26O3S. The minimum absolute atomic E-state index is 0.174. The first-order valence-corrected chi connectivity index (χ1v) is 10.7. The molecule has 0 bridgehead atoms. The number of ether oxygens (including phenoxy) is 1. The van der Waals surface area contributed by atoms with Crippen molar-refractivity contribution in [3.05, 3.63) is 108 Å². The minimum Gasteiger partial charge on any atom is -0.469 e. The van der Waals surface area contributed by atoms with Crippen molar-refractivity contribution in [2.24, 2.45) is 0 Å². The number of hydrogen-bond acceptors (Lipinski definition) is 4. The largest absolute Gasteiger partial charge is 0.469 e. The molecule has 0 spiro atoms. The Balaban J connectivity index is 1.94. The normalized spacial score (nSPS) is 14.0. The van der Waals surface area contributed by atoms with Gasteiger partial charge in [0, 0.05) is 16.9 Å². The molecule has 0 fully saturated rings. The number of carbonyl (C=O) groups is 1. The van der Waals surface area contributed by atoms with E-state index in [1.807, 2.05) is 78.9 Å². The van der Waals surface area contributed by atoms with Crippen LogP contribution in [0.3, 0.4) is 0 Å². The molecule has 0 heterocycles. The lowest BCUT2D eigenvalue weighted by Gasteiger charge is -2.31. The van der Waals surface area contributed by atoms with Crippen LogP contribution in [0.25, 0.3) is 0 Å². The zero-order chi connectivity index (χ0) is 20.5. The van der Waals surface area contributed by atoms with Gasteiger partial charge >= 0.3 is 5.97 Å². The highest BCUT2D eigenvalue weighted by molar-refractivity contribution is 7.99. The Morgan fingerprint density at radius 3 is 1.93 bits per heavy atom. The highest BCUT2D eigenvalue weighted by atomic mass is 32.2. The monoisotopic (exact) mass is 406 g/mol. The van der Waals surface area contributed by atoms with Crippen LogP contribution in [0.15, 0.2) is 91.0 Å². The van der Waals surface area contributed by atoms with Crippen LogP contribution in [0, 0.1) is 0 Å². The molecule has 150 valence electrons. The second-order valence-corrected chi connectivity index (χ2v) is 8.08. The standard InChI is InChI=1S/C25H26O3S/c1-28-23(26)17-22(20-13-7-3-8-14-20)25(24(27)21-15-9-4-10-16-21)29-18-19-11-5-2-6-12-19/h2-16,22,24-25,27H,17-18H2,1H3. The number of benzene rings is 3. The highest BCUT2D eigenvalue weighted by Crippen LogP contribution is 2.41. The summed E-state index contributed by atoms with van der Waals surface area (Å²) in [7, 11) is 1.41. The van der Waals surface area contributed by atoms with E-state index < -0.39 is 6.10 Å². The molecule has 3 rings (SSSR count). The second-order valence-electron chi connectivity index (χ2n) is 6.91. The lowest BCUT2D eigenvalue weighted by Crippen LogP contribution is -2.26. The third-order valence-corrected chi connectivity index (χ3v) is 6.45. The van der Waals surface area contributed by atoms with Gasteiger partial charge in [0.05, 0.1) is 19.6 Å². The first-order valence-electron chi connectivity index (χ1n) is 9.69. The number of rotatable bonds is 9. The van der Waals surface area contributed by atoms with Gasteiger partial charge in [-0.05, 0) is 16.7 Å². The Bertz CT molecular complexity index is 868. The molecule has 4 heteroatoms. The predicted octanol–water partition coefficient (Wildman–Crippen LogP) is 5.37. The zero-order valence-corrected chi connectivity index (χ0v) is 17.3. The summed E-state index contributed by atoms with van der Waals surface area (Å²) in [6.45, 7) is 0. The Morgan fingerprint density at radius 1 is 0.862 bits per heavy atom. The summed E-state index contributed by atoms with van der Waals surface area (Å²) in [6, 6.07) is 29.8. The molecule has 3 aromatic carbocycles. The van der Waals surface area contributed by atoms with E-state index in [-0.39, 0.29) is 23.6 Å². The molecule has 0 radical (unpaired) electrons. The number of aliphatic hydroxyl groups excluding tert-OH is 1. The summed E-state index contributed by atoms with van der Waals surface area (Å²) < 4.78 is 4.97. The van der Waals surface area contributed by atoms with E-state index in [2.05, 4.69) is 12.1 Å². The Morgan fingerprint density at radius 2 is 1.38 bits per heavy atom. The maximum absolute atomic E-state index is 12.2. The van der Waals surface area contributed by atoms with Gasteiger partial charge < -0.3 is 9.84 Å². The predicted molar refractivity (Wildman–Crippen MR) is 119 cm³/mol. The van der Waals surface area contributed by atoms with E-state index in [9.17, 15) is 9.90 Å². The van der Waals surface area contributed by atoms with Crippen LogP contribution in [0.1, 0.15) is 35.1 Å². The van der Waals surface area contributed by atoms with Gasteiger partial charge in [0.25, 0.3) is 0 Å². The molecule has 0 aliphatic carbocycles. The fourth-order valence-corrected chi connectivity index (χ4v) is 4.82. The van der Waals surface area contributed by atoms with Crippen molar-refractivity contribution in [1.29, 1.82) is 0 Å². The van der Waals surface area contributed by atoms with Crippen molar-refractivity contribution in [1.82, 2.24) is 0 Å². The maximum Gasteiger partial charge on any atom is 0.306 e. The fourth-order valence-electron chi connectivity index (χ4n) is 3.42. The second kappa shape index (κ2) is 10.8. The van der Waals surface area contributed by atoms with Crippen molar-refractivity contribution in [2.75, 3.05) is 7.11 Å². The number of thioether (sulfide) groups is 1. The van der Waals surface area contributed by atoms with E-state index in [0.29, 0.717) is 0 Å². The first-order chi connectivity index (χ1) is 14.2. The molecule has 0 aliphatic rings. The maximum atomic E-state index is 12.2. The summed E-state index contributed by atoms with van der Waals surface area (Å²) >= 11 is 1.68. The quantitative estimate of drug-likeness (QED) is 0.485. The molecule has 0 aromatic heterocycles. The Hall–Kier alpha value is -2.56. The van der Waals surface area contributed by atoms with Gasteiger partial charge in [-0.1, -0.05) is 91.0 Å². The van der Waals surface area contributed by atoms with Gasteiger partial charge in [-0.15, -0.1) is 0 Å². The van der Waals surface area contributed by atoms with Crippen LogP contribution >= 0.6 is 11.8 Å². The third-order valence-electron chi connectivity index (χ3n) is 4.98. The Kier molecular flexibility index (Phi) is 7.91. The van der Waals surface area contributed by atoms with E-state index >= 15 is 0 Å². The lowest BCUT2D eigenvalue weighted by atomic mass is 9.87. The third kappa shape index (κ3) is 5.96. The molecular weight excluding hydrogens is 380 g/mol. The average Bonchev–Trinajstić information content (AvgIpc) is 2.80. The summed E-state index contributed by atoms with van der Waals surface area (Å²) in [4.78, 5) is 12.2. The summed E-state index contributed by atoms with van der Waals surface area (Å²) in [5.74, 6) is 0.303. The topological polar surface area (TPSA) is 46.5 Å². The minimum atomic E-state index is -0.709. The average molecular weight is 407 g/mol. The molecule has 3 aromatic rings. The molecule has 0 aliphatic heterocycles. The SMILES string of the molecule is COC(=O)CC(c1ccccc1)C(SCc1ccccc1)C(O)c1ccccc1. The summed E-state index contributed by atoms with van der Waals surface area (Å²) in [5.41, 5.74) is 3.06. The summed E-state index contributed by atoms with van der Waals surface area (Å²) in [6.07, 6.45) is -0.489. The molecule has 0 saturated heterocycles. The lowest BCUT2D eigenvalue weighted by molar-refractivity contribution is -0.141. The van der Waals surface area contributed by atoms with Crippen LogP contribution in [0.2, 0.25) is 0 Å². The number of hydrogen-bond donors (Lipinski definition) is 1. The van der Waals surface area contributed by atoms with Gasteiger partial charge in [0.1, 0.15) is 0 Å². The van der Waals surface area contributed by atoms with Crippen molar-refractivity contribution in [3.8, 4) is 0 Å². The number of aliphatic hydroxyl groups is 1. The van der Waals surface area contributed by atoms with Gasteiger partial charge in [-0.25, -0.2) is 0 Å². The van der Waals surface area contributed by atoms with Crippen molar-refractivity contribution in [2.45, 2.75) is 29.4 Å². The van der Waals surface area contributed by atoms with Gasteiger partial charge in [0.2, 0.25) is 0 Å². The number of esters is 1. The Labute approximate surface area is 176 Å². The van der Waals surface area contributed by atoms with Crippen molar-refractivity contribution < 1.29 is 14.6 Å². The van der Waals surface area contributed by atoms with Crippen molar-refractivity contribution in [3.63, 3.8) is 0 Å². The molecule has 0 saturated carbocycles. The number of methoxy groups -OCH3 is 1. The van der Waals surface area contributed by atoms with Crippen LogP contribution in [0.4, 0.5) is 0 Å². The van der Waals surface area contributed by atoms with Crippen LogP contribution in [-0.2, 0) is 15.3 Å². The van der Waals surface area contributed by atoms with Crippen LogP contribution < -0.4 is 0 Å². The fraction of sp³-hybridized carbons (Fsp3) is 0.240. The molecule has 1 N–H and O–H groups in total. The van der Waals surface area contributed by atoms with Crippen LogP contribution in [-0.4, -0.2) is 23.4 Å². The van der Waals surface area contributed by atoms with Crippen LogP contribution in [0.5, 0.6) is 0 Å². The molecule has 0 amide bonds. The molecule has 3 nitrogen and oxygen atoms in total. The smallest absolute Gasteiger partial charge is 0.306 e. The molecule has 3 unspecified atom stereocenters.